The van der Waals surface area contributed by atoms with E-state index in [9.17, 15) is 4.79 Å². The molecule has 110 valence electrons. The van der Waals surface area contributed by atoms with E-state index >= 15 is 0 Å². The van der Waals surface area contributed by atoms with Gasteiger partial charge in [0.2, 0.25) is 0 Å². The number of nitrogens with zero attached hydrogens (tertiary/aromatic N) is 2. The Kier molecular flexibility index (Phi) is 3.78. The standard InChI is InChI=1S/C17H21N3O/c1-3-12(2)20-9-7-15(19-20)11-17(21)14-4-5-16-13(10-14)6-8-18-16/h4-5,7,9-10,12,18H,3,6,8,11H2,1-2H3. The molecule has 1 aromatic heterocycles. The first kappa shape index (κ1) is 13.9. The van der Waals surface area contributed by atoms with E-state index in [-0.39, 0.29) is 5.78 Å². The quantitative estimate of drug-likeness (QED) is 0.857. The van der Waals surface area contributed by atoms with E-state index in [1.54, 1.807) is 0 Å². The number of benzene rings is 1. The van der Waals surface area contributed by atoms with Gasteiger partial charge in [-0.15, -0.1) is 0 Å². The van der Waals surface area contributed by atoms with Crippen LogP contribution in [0.2, 0.25) is 0 Å². The molecule has 0 fully saturated rings. The fourth-order valence-corrected chi connectivity index (χ4v) is 2.65. The highest BCUT2D eigenvalue weighted by Crippen LogP contribution is 2.23. The summed E-state index contributed by atoms with van der Waals surface area (Å²) in [5.74, 6) is 0.138. The number of carbonyl (C=O) groups excluding carboxylic acids is 1. The number of Topliss-reactive ketones (excluding diaryl/α,β-unsaturated/α-hetero) is 1. The first-order valence-electron chi connectivity index (χ1n) is 7.61. The molecule has 0 bridgehead atoms. The van der Waals surface area contributed by atoms with Crippen LogP contribution in [0.5, 0.6) is 0 Å². The number of carbonyl (C=O) groups is 1. The third-order valence-corrected chi connectivity index (χ3v) is 4.18. The summed E-state index contributed by atoms with van der Waals surface area (Å²) >= 11 is 0. The van der Waals surface area contributed by atoms with Gasteiger partial charge in [0.05, 0.1) is 12.1 Å². The molecule has 0 amide bonds. The molecule has 0 aliphatic carbocycles. The highest BCUT2D eigenvalue weighted by molar-refractivity contribution is 5.98. The second-order valence-electron chi connectivity index (χ2n) is 5.69. The lowest BCUT2D eigenvalue weighted by atomic mass is 10.0. The van der Waals surface area contributed by atoms with Gasteiger partial charge in [-0.3, -0.25) is 9.48 Å². The van der Waals surface area contributed by atoms with Crippen molar-refractivity contribution < 1.29 is 4.79 Å². The van der Waals surface area contributed by atoms with Gasteiger partial charge < -0.3 is 5.32 Å². The van der Waals surface area contributed by atoms with E-state index < -0.39 is 0 Å². The minimum Gasteiger partial charge on any atom is -0.384 e. The third-order valence-electron chi connectivity index (χ3n) is 4.18. The van der Waals surface area contributed by atoms with Crippen LogP contribution in [0, 0.1) is 0 Å². The van der Waals surface area contributed by atoms with Crippen molar-refractivity contribution in [2.45, 2.75) is 39.2 Å². The monoisotopic (exact) mass is 283 g/mol. The molecule has 2 aromatic rings. The molecule has 0 saturated carbocycles. The first-order chi connectivity index (χ1) is 10.2. The Labute approximate surface area is 125 Å². The molecule has 1 aliphatic rings. The zero-order valence-electron chi connectivity index (χ0n) is 12.6. The second kappa shape index (κ2) is 5.72. The van der Waals surface area contributed by atoms with Crippen LogP contribution < -0.4 is 5.32 Å². The Balaban J connectivity index is 1.73. The van der Waals surface area contributed by atoms with E-state index in [2.05, 4.69) is 24.3 Å². The highest BCUT2D eigenvalue weighted by atomic mass is 16.1. The van der Waals surface area contributed by atoms with Gasteiger partial charge in [-0.2, -0.15) is 5.10 Å². The van der Waals surface area contributed by atoms with E-state index in [0.29, 0.717) is 12.5 Å². The number of hydrogen-bond acceptors (Lipinski definition) is 3. The molecule has 3 rings (SSSR count). The summed E-state index contributed by atoms with van der Waals surface area (Å²) in [6.45, 7) is 5.23. The Morgan fingerprint density at radius 1 is 1.43 bits per heavy atom. The Hall–Kier alpha value is -2.10. The Morgan fingerprint density at radius 3 is 3.10 bits per heavy atom. The average molecular weight is 283 g/mol. The molecule has 4 nitrogen and oxygen atoms in total. The van der Waals surface area contributed by atoms with Crippen molar-refractivity contribution in [2.75, 3.05) is 11.9 Å². The van der Waals surface area contributed by atoms with Gasteiger partial charge in [-0.05, 0) is 49.6 Å². The first-order valence-corrected chi connectivity index (χ1v) is 7.61. The van der Waals surface area contributed by atoms with Crippen molar-refractivity contribution in [1.29, 1.82) is 0 Å². The molecule has 1 atom stereocenters. The molecule has 2 heterocycles. The zero-order chi connectivity index (χ0) is 14.8. The topological polar surface area (TPSA) is 46.9 Å². The van der Waals surface area contributed by atoms with Gasteiger partial charge in [0, 0.05) is 30.0 Å². The third kappa shape index (κ3) is 2.84. The van der Waals surface area contributed by atoms with Crippen molar-refractivity contribution in [1.82, 2.24) is 9.78 Å². The minimum absolute atomic E-state index is 0.138. The summed E-state index contributed by atoms with van der Waals surface area (Å²) < 4.78 is 1.94. The molecular formula is C17H21N3O. The predicted octanol–water partition coefficient (Wildman–Crippen LogP) is 3.25. The number of fused-ring (bicyclic) bond motifs is 1. The molecule has 1 aliphatic heterocycles. The maximum Gasteiger partial charge on any atom is 0.168 e. The van der Waals surface area contributed by atoms with Crippen LogP contribution in [0.4, 0.5) is 5.69 Å². The molecule has 21 heavy (non-hydrogen) atoms. The number of anilines is 1. The molecule has 0 radical (unpaired) electrons. The maximum absolute atomic E-state index is 12.4. The van der Waals surface area contributed by atoms with Crippen LogP contribution in [0.1, 0.15) is 47.9 Å². The normalized spacial score (nSPS) is 14.6. The van der Waals surface area contributed by atoms with Gasteiger partial charge in [-0.1, -0.05) is 6.92 Å². The summed E-state index contributed by atoms with van der Waals surface area (Å²) in [5.41, 5.74) is 4.04. The van der Waals surface area contributed by atoms with Crippen LogP contribution in [0.15, 0.2) is 30.5 Å². The van der Waals surface area contributed by atoms with Gasteiger partial charge in [0.1, 0.15) is 0 Å². The van der Waals surface area contributed by atoms with Crippen LogP contribution >= 0.6 is 0 Å². The van der Waals surface area contributed by atoms with E-state index in [1.165, 1.54) is 5.56 Å². The summed E-state index contributed by atoms with van der Waals surface area (Å²) in [7, 11) is 0. The number of nitrogens with one attached hydrogen (secondary N) is 1. The van der Waals surface area contributed by atoms with Gasteiger partial charge in [-0.25, -0.2) is 0 Å². The van der Waals surface area contributed by atoms with Gasteiger partial charge in [0.15, 0.2) is 5.78 Å². The van der Waals surface area contributed by atoms with Crippen molar-refractivity contribution in [3.8, 4) is 0 Å². The van der Waals surface area contributed by atoms with E-state index in [0.717, 1.165) is 36.3 Å². The van der Waals surface area contributed by atoms with Crippen LogP contribution in [0.3, 0.4) is 0 Å². The summed E-state index contributed by atoms with van der Waals surface area (Å²) in [4.78, 5) is 12.4. The summed E-state index contributed by atoms with van der Waals surface area (Å²) in [5, 5.41) is 7.81. The van der Waals surface area contributed by atoms with Crippen molar-refractivity contribution in [2.24, 2.45) is 0 Å². The SMILES string of the molecule is CCC(C)n1ccc(CC(=O)c2ccc3c(c2)CCN3)n1. The molecule has 0 saturated heterocycles. The van der Waals surface area contributed by atoms with E-state index in [4.69, 9.17) is 0 Å². The van der Waals surface area contributed by atoms with Gasteiger partial charge >= 0.3 is 0 Å². The lowest BCUT2D eigenvalue weighted by molar-refractivity contribution is 0.0991. The fourth-order valence-electron chi connectivity index (χ4n) is 2.65. The highest BCUT2D eigenvalue weighted by Gasteiger charge is 2.15. The van der Waals surface area contributed by atoms with Crippen molar-refractivity contribution in [3.05, 3.63) is 47.3 Å². The number of rotatable bonds is 5. The molecule has 1 aromatic carbocycles. The van der Waals surface area contributed by atoms with Crippen LogP contribution in [-0.4, -0.2) is 22.1 Å². The Bertz CT molecular complexity index is 660. The Morgan fingerprint density at radius 2 is 2.29 bits per heavy atom. The molecule has 1 N–H and O–H groups in total. The maximum atomic E-state index is 12.4. The van der Waals surface area contributed by atoms with E-state index in [1.807, 2.05) is 35.1 Å². The van der Waals surface area contributed by atoms with Crippen molar-refractivity contribution in [3.63, 3.8) is 0 Å². The van der Waals surface area contributed by atoms with Crippen molar-refractivity contribution >= 4 is 11.5 Å². The molecule has 1 unspecified atom stereocenters. The smallest absolute Gasteiger partial charge is 0.168 e. The summed E-state index contributed by atoms with van der Waals surface area (Å²) in [6, 6.07) is 8.25. The predicted molar refractivity (Wildman–Crippen MR) is 83.9 cm³/mol. The van der Waals surface area contributed by atoms with Crippen LogP contribution in [0.25, 0.3) is 0 Å². The summed E-state index contributed by atoms with van der Waals surface area (Å²) in [6.07, 6.45) is 4.37. The van der Waals surface area contributed by atoms with Gasteiger partial charge in [0.25, 0.3) is 0 Å². The minimum atomic E-state index is 0.138. The molecule has 4 heteroatoms. The number of hydrogen-bond donors (Lipinski definition) is 1. The zero-order valence-corrected chi connectivity index (χ0v) is 12.6. The largest absolute Gasteiger partial charge is 0.384 e. The lowest BCUT2D eigenvalue weighted by Gasteiger charge is -2.08. The second-order valence-corrected chi connectivity index (χ2v) is 5.69. The fraction of sp³-hybridized carbons (Fsp3) is 0.412. The average Bonchev–Trinajstić information content (AvgIpc) is 3.14. The van der Waals surface area contributed by atoms with Crippen LogP contribution in [-0.2, 0) is 12.8 Å². The number of ketones is 1. The lowest BCUT2D eigenvalue weighted by Crippen LogP contribution is -2.08. The molecule has 0 spiro atoms. The number of aromatic nitrogens is 2. The molecular weight excluding hydrogens is 262 g/mol.